The quantitative estimate of drug-likeness (QED) is 0.504. The standard InChI is InChI=1S/C22H19Cl2FN2O3S/c1-15(16-5-9-19(25)10-6-16)26-22(28)14-27(20-4-2-3-18(24)13-20)31(29,30)21-11-7-17(23)8-12-21/h2-13,15H,14H2,1H3,(H,26,28). The topological polar surface area (TPSA) is 66.5 Å². The zero-order valence-electron chi connectivity index (χ0n) is 16.4. The summed E-state index contributed by atoms with van der Waals surface area (Å²) < 4.78 is 40.7. The lowest BCUT2D eigenvalue weighted by Gasteiger charge is -2.25. The summed E-state index contributed by atoms with van der Waals surface area (Å²) in [6.45, 7) is 1.25. The van der Waals surface area contributed by atoms with Crippen molar-refractivity contribution in [3.63, 3.8) is 0 Å². The Bertz CT molecular complexity index is 1170. The molecule has 0 spiro atoms. The van der Waals surface area contributed by atoms with Gasteiger partial charge >= 0.3 is 0 Å². The van der Waals surface area contributed by atoms with Crippen molar-refractivity contribution in [2.45, 2.75) is 17.9 Å². The molecule has 0 radical (unpaired) electrons. The van der Waals surface area contributed by atoms with Crippen LogP contribution in [0.15, 0.2) is 77.7 Å². The molecule has 3 aromatic carbocycles. The predicted molar refractivity (Wildman–Crippen MR) is 120 cm³/mol. The van der Waals surface area contributed by atoms with E-state index in [1.54, 1.807) is 37.3 Å². The van der Waals surface area contributed by atoms with Gasteiger partial charge < -0.3 is 5.32 Å². The second kappa shape index (κ2) is 9.68. The summed E-state index contributed by atoms with van der Waals surface area (Å²) in [5, 5.41) is 3.46. The van der Waals surface area contributed by atoms with Crippen LogP contribution < -0.4 is 9.62 Å². The molecule has 0 aromatic heterocycles. The van der Waals surface area contributed by atoms with E-state index in [2.05, 4.69) is 5.32 Å². The highest BCUT2D eigenvalue weighted by molar-refractivity contribution is 7.92. The first-order valence-electron chi connectivity index (χ1n) is 9.25. The van der Waals surface area contributed by atoms with Gasteiger partial charge in [0.05, 0.1) is 16.6 Å². The van der Waals surface area contributed by atoms with Gasteiger partial charge in [0, 0.05) is 10.0 Å². The predicted octanol–water partition coefficient (Wildman–Crippen LogP) is 5.21. The van der Waals surface area contributed by atoms with Crippen molar-refractivity contribution in [2.24, 2.45) is 0 Å². The van der Waals surface area contributed by atoms with Crippen LogP contribution in [0.1, 0.15) is 18.5 Å². The molecule has 0 aliphatic carbocycles. The van der Waals surface area contributed by atoms with Crippen molar-refractivity contribution in [1.82, 2.24) is 5.32 Å². The molecule has 0 aliphatic rings. The molecular formula is C22H19Cl2FN2O3S. The van der Waals surface area contributed by atoms with E-state index >= 15 is 0 Å². The molecule has 9 heteroatoms. The first-order chi connectivity index (χ1) is 14.7. The van der Waals surface area contributed by atoms with Crippen molar-refractivity contribution >= 4 is 44.8 Å². The van der Waals surface area contributed by atoms with Gasteiger partial charge in [0.2, 0.25) is 5.91 Å². The normalized spacial score (nSPS) is 12.3. The number of carbonyl (C=O) groups is 1. The zero-order valence-corrected chi connectivity index (χ0v) is 18.8. The van der Waals surface area contributed by atoms with Crippen LogP contribution in [0, 0.1) is 5.82 Å². The van der Waals surface area contributed by atoms with E-state index in [4.69, 9.17) is 23.2 Å². The average molecular weight is 481 g/mol. The largest absolute Gasteiger partial charge is 0.348 e. The Morgan fingerprint density at radius 2 is 1.65 bits per heavy atom. The first-order valence-corrected chi connectivity index (χ1v) is 11.4. The molecule has 1 N–H and O–H groups in total. The minimum atomic E-state index is -4.08. The van der Waals surface area contributed by atoms with E-state index in [1.807, 2.05) is 0 Å². The second-order valence-corrected chi connectivity index (χ2v) is 9.52. The fourth-order valence-corrected chi connectivity index (χ4v) is 4.66. The molecule has 3 aromatic rings. The smallest absolute Gasteiger partial charge is 0.264 e. The summed E-state index contributed by atoms with van der Waals surface area (Å²) in [6.07, 6.45) is 0. The average Bonchev–Trinajstić information content (AvgIpc) is 2.72. The van der Waals surface area contributed by atoms with Crippen LogP contribution in [0.3, 0.4) is 0 Å². The number of nitrogens with zero attached hydrogens (tertiary/aromatic N) is 1. The van der Waals surface area contributed by atoms with Crippen LogP contribution in [0.4, 0.5) is 10.1 Å². The molecular weight excluding hydrogens is 462 g/mol. The molecule has 5 nitrogen and oxygen atoms in total. The highest BCUT2D eigenvalue weighted by Crippen LogP contribution is 2.27. The molecule has 0 saturated heterocycles. The Kier molecular flexibility index (Phi) is 7.20. The number of amides is 1. The third-order valence-electron chi connectivity index (χ3n) is 4.53. The Hall–Kier alpha value is -2.61. The lowest BCUT2D eigenvalue weighted by molar-refractivity contribution is -0.120. The number of benzene rings is 3. The summed E-state index contributed by atoms with van der Waals surface area (Å²) in [5.74, 6) is -0.919. The fourth-order valence-electron chi connectivity index (χ4n) is 2.93. The van der Waals surface area contributed by atoms with E-state index in [0.717, 1.165) is 4.31 Å². The van der Waals surface area contributed by atoms with Crippen LogP contribution in [-0.4, -0.2) is 20.9 Å². The van der Waals surface area contributed by atoms with Gasteiger partial charge in [0.15, 0.2) is 0 Å². The van der Waals surface area contributed by atoms with Crippen molar-refractivity contribution < 1.29 is 17.6 Å². The molecule has 1 amide bonds. The monoisotopic (exact) mass is 480 g/mol. The highest BCUT2D eigenvalue weighted by Gasteiger charge is 2.28. The number of hydrogen-bond acceptors (Lipinski definition) is 3. The van der Waals surface area contributed by atoms with E-state index in [-0.39, 0.29) is 16.4 Å². The third kappa shape index (κ3) is 5.76. The molecule has 0 aliphatic heterocycles. The van der Waals surface area contributed by atoms with Gasteiger partial charge in [-0.3, -0.25) is 9.10 Å². The molecule has 3 rings (SSSR count). The van der Waals surface area contributed by atoms with Gasteiger partial charge in [-0.25, -0.2) is 12.8 Å². The maximum atomic E-state index is 13.3. The van der Waals surface area contributed by atoms with Crippen LogP contribution in [0.2, 0.25) is 10.0 Å². The lowest BCUT2D eigenvalue weighted by Crippen LogP contribution is -2.41. The van der Waals surface area contributed by atoms with Crippen LogP contribution in [0.25, 0.3) is 0 Å². The zero-order chi connectivity index (χ0) is 22.6. The maximum Gasteiger partial charge on any atom is 0.264 e. The summed E-state index contributed by atoms with van der Waals surface area (Å²) in [7, 11) is -4.08. The van der Waals surface area contributed by atoms with Gasteiger partial charge in [-0.1, -0.05) is 41.4 Å². The second-order valence-electron chi connectivity index (χ2n) is 6.79. The number of halogens is 3. The summed E-state index contributed by atoms with van der Waals surface area (Å²) in [6, 6.07) is 17.1. The first kappa shape index (κ1) is 23.1. The van der Waals surface area contributed by atoms with E-state index < -0.39 is 28.5 Å². The molecule has 0 bridgehead atoms. The number of sulfonamides is 1. The molecule has 0 heterocycles. The summed E-state index contributed by atoms with van der Waals surface area (Å²) >= 11 is 11.9. The molecule has 31 heavy (non-hydrogen) atoms. The highest BCUT2D eigenvalue weighted by atomic mass is 35.5. The number of carbonyl (C=O) groups excluding carboxylic acids is 1. The van der Waals surface area contributed by atoms with Crippen LogP contribution in [-0.2, 0) is 14.8 Å². The van der Waals surface area contributed by atoms with Gasteiger partial charge in [-0.15, -0.1) is 0 Å². The minimum Gasteiger partial charge on any atom is -0.348 e. The van der Waals surface area contributed by atoms with Crippen molar-refractivity contribution in [1.29, 1.82) is 0 Å². The molecule has 0 saturated carbocycles. The van der Waals surface area contributed by atoms with E-state index in [0.29, 0.717) is 15.6 Å². The molecule has 162 valence electrons. The van der Waals surface area contributed by atoms with Crippen LogP contribution >= 0.6 is 23.2 Å². The van der Waals surface area contributed by atoms with Gasteiger partial charge in [0.1, 0.15) is 12.4 Å². The molecule has 1 unspecified atom stereocenters. The number of nitrogens with one attached hydrogen (secondary N) is 1. The Morgan fingerprint density at radius 3 is 2.26 bits per heavy atom. The Labute approximate surface area is 190 Å². The van der Waals surface area contributed by atoms with Crippen LogP contribution in [0.5, 0.6) is 0 Å². The fraction of sp³-hybridized carbons (Fsp3) is 0.136. The number of rotatable bonds is 7. The number of hydrogen-bond donors (Lipinski definition) is 1. The van der Waals surface area contributed by atoms with E-state index in [1.165, 1.54) is 42.5 Å². The Balaban J connectivity index is 1.89. The Morgan fingerprint density at radius 1 is 1.00 bits per heavy atom. The van der Waals surface area contributed by atoms with Gasteiger partial charge in [-0.05, 0) is 67.1 Å². The van der Waals surface area contributed by atoms with E-state index in [9.17, 15) is 17.6 Å². The molecule has 1 atom stereocenters. The van der Waals surface area contributed by atoms with Gasteiger partial charge in [0.25, 0.3) is 10.0 Å². The number of anilines is 1. The molecule has 0 fully saturated rings. The van der Waals surface area contributed by atoms with Crippen molar-refractivity contribution in [3.8, 4) is 0 Å². The van der Waals surface area contributed by atoms with Crippen molar-refractivity contribution in [3.05, 3.63) is 94.2 Å². The third-order valence-corrected chi connectivity index (χ3v) is 6.81. The van der Waals surface area contributed by atoms with Gasteiger partial charge in [-0.2, -0.15) is 0 Å². The lowest BCUT2D eigenvalue weighted by atomic mass is 10.1. The SMILES string of the molecule is CC(NC(=O)CN(c1cccc(Cl)c1)S(=O)(=O)c1ccc(Cl)cc1)c1ccc(F)cc1. The summed E-state index contributed by atoms with van der Waals surface area (Å²) in [4.78, 5) is 12.7. The van der Waals surface area contributed by atoms with Crippen molar-refractivity contribution in [2.75, 3.05) is 10.8 Å². The minimum absolute atomic E-state index is 0.0174. The summed E-state index contributed by atoms with van der Waals surface area (Å²) in [5.41, 5.74) is 0.927. The maximum absolute atomic E-state index is 13.3.